The van der Waals surface area contributed by atoms with Crippen LogP contribution in [0.4, 0.5) is 0 Å². The first-order chi connectivity index (χ1) is 10.1. The zero-order chi connectivity index (χ0) is 15.0. The second-order valence-electron chi connectivity index (χ2n) is 5.87. The highest BCUT2D eigenvalue weighted by atomic mass is 35.5. The molecule has 1 aliphatic rings. The van der Waals surface area contributed by atoms with Gasteiger partial charge < -0.3 is 5.32 Å². The molecule has 0 radical (unpaired) electrons. The van der Waals surface area contributed by atoms with Gasteiger partial charge in [-0.1, -0.05) is 37.0 Å². The van der Waals surface area contributed by atoms with Gasteiger partial charge in [-0.3, -0.25) is 0 Å². The van der Waals surface area contributed by atoms with Crippen LogP contribution in [0, 0.1) is 0 Å². The van der Waals surface area contributed by atoms with Crippen molar-refractivity contribution in [3.05, 3.63) is 45.7 Å². The summed E-state index contributed by atoms with van der Waals surface area (Å²) in [5.74, 6) is 0.600. The van der Waals surface area contributed by atoms with Gasteiger partial charge in [-0.2, -0.15) is 5.10 Å². The predicted octanol–water partition coefficient (Wildman–Crippen LogP) is 4.55. The predicted molar refractivity (Wildman–Crippen MR) is 87.5 cm³/mol. The van der Waals surface area contributed by atoms with Gasteiger partial charge in [0.1, 0.15) is 0 Å². The van der Waals surface area contributed by atoms with Crippen molar-refractivity contribution in [3.63, 3.8) is 0 Å². The Morgan fingerprint density at radius 1 is 1.33 bits per heavy atom. The number of hydrogen-bond acceptors (Lipinski definition) is 2. The van der Waals surface area contributed by atoms with Crippen LogP contribution in [0.25, 0.3) is 5.69 Å². The molecule has 1 aromatic heterocycles. The van der Waals surface area contributed by atoms with Crippen LogP contribution in [-0.2, 0) is 6.54 Å². The minimum absolute atomic E-state index is 0.458. The summed E-state index contributed by atoms with van der Waals surface area (Å²) in [7, 11) is 0. The molecule has 1 fully saturated rings. The summed E-state index contributed by atoms with van der Waals surface area (Å²) in [5, 5.41) is 9.31. The molecule has 0 saturated heterocycles. The molecule has 0 aliphatic heterocycles. The van der Waals surface area contributed by atoms with Crippen molar-refractivity contribution in [1.29, 1.82) is 0 Å². The average molecular weight is 324 g/mol. The zero-order valence-corrected chi connectivity index (χ0v) is 13.7. The third-order valence-electron chi connectivity index (χ3n) is 3.69. The molecule has 0 amide bonds. The molecule has 1 aromatic carbocycles. The van der Waals surface area contributed by atoms with E-state index in [4.69, 9.17) is 23.2 Å². The van der Waals surface area contributed by atoms with E-state index in [-0.39, 0.29) is 0 Å². The summed E-state index contributed by atoms with van der Waals surface area (Å²) >= 11 is 12.3. The molecular formula is C16H19Cl2N3. The molecule has 1 N–H and O–H groups in total. The zero-order valence-electron chi connectivity index (χ0n) is 12.2. The Balaban J connectivity index is 1.98. The Hall–Kier alpha value is -1.03. The van der Waals surface area contributed by atoms with E-state index in [1.165, 1.54) is 24.1 Å². The van der Waals surface area contributed by atoms with Crippen molar-refractivity contribution >= 4 is 23.2 Å². The van der Waals surface area contributed by atoms with Crippen LogP contribution in [0.5, 0.6) is 0 Å². The van der Waals surface area contributed by atoms with E-state index in [2.05, 4.69) is 24.3 Å². The Morgan fingerprint density at radius 2 is 2.10 bits per heavy atom. The first-order valence-corrected chi connectivity index (χ1v) is 8.07. The van der Waals surface area contributed by atoms with Crippen molar-refractivity contribution in [2.45, 2.75) is 45.2 Å². The van der Waals surface area contributed by atoms with Gasteiger partial charge in [0.2, 0.25) is 0 Å². The van der Waals surface area contributed by atoms with Crippen LogP contribution < -0.4 is 5.32 Å². The lowest BCUT2D eigenvalue weighted by atomic mass is 10.1. The van der Waals surface area contributed by atoms with Crippen LogP contribution in [-0.4, -0.2) is 15.8 Å². The van der Waals surface area contributed by atoms with Crippen LogP contribution >= 0.6 is 23.2 Å². The smallest absolute Gasteiger partial charge is 0.0836 e. The first-order valence-electron chi connectivity index (χ1n) is 7.32. The lowest BCUT2D eigenvalue weighted by Gasteiger charge is -2.12. The monoisotopic (exact) mass is 323 g/mol. The Kier molecular flexibility index (Phi) is 4.25. The highest BCUT2D eigenvalue weighted by Gasteiger charge is 2.31. The van der Waals surface area contributed by atoms with Crippen molar-refractivity contribution in [3.8, 4) is 5.69 Å². The second-order valence-corrected chi connectivity index (χ2v) is 6.72. The van der Waals surface area contributed by atoms with Gasteiger partial charge in [0, 0.05) is 29.1 Å². The van der Waals surface area contributed by atoms with E-state index in [0.717, 1.165) is 12.2 Å². The number of aromatic nitrogens is 2. The van der Waals surface area contributed by atoms with Crippen LogP contribution in [0.3, 0.4) is 0 Å². The standard InChI is InChI=1S/C16H19Cl2N3/c1-10(2)19-8-12-9-20-21(16(12)11-3-4-11)15-6-5-13(17)7-14(15)18/h5-7,9-11,19H,3-4,8H2,1-2H3. The lowest BCUT2D eigenvalue weighted by Crippen LogP contribution is -2.22. The molecule has 0 spiro atoms. The molecule has 0 unspecified atom stereocenters. The van der Waals surface area contributed by atoms with Gasteiger partial charge in [-0.25, -0.2) is 4.68 Å². The van der Waals surface area contributed by atoms with E-state index in [1.807, 2.05) is 23.0 Å². The Morgan fingerprint density at radius 3 is 2.71 bits per heavy atom. The quantitative estimate of drug-likeness (QED) is 0.874. The third-order valence-corrected chi connectivity index (χ3v) is 4.23. The average Bonchev–Trinajstić information content (AvgIpc) is 3.17. The summed E-state index contributed by atoms with van der Waals surface area (Å²) in [4.78, 5) is 0. The highest BCUT2D eigenvalue weighted by Crippen LogP contribution is 2.43. The topological polar surface area (TPSA) is 29.9 Å². The summed E-state index contributed by atoms with van der Waals surface area (Å²) in [6.07, 6.45) is 4.41. The van der Waals surface area contributed by atoms with Crippen molar-refractivity contribution in [1.82, 2.24) is 15.1 Å². The molecule has 1 saturated carbocycles. The van der Waals surface area contributed by atoms with E-state index >= 15 is 0 Å². The van der Waals surface area contributed by atoms with Crippen molar-refractivity contribution in [2.24, 2.45) is 0 Å². The summed E-state index contributed by atoms with van der Waals surface area (Å²) < 4.78 is 1.98. The van der Waals surface area contributed by atoms with E-state index in [1.54, 1.807) is 6.07 Å². The summed E-state index contributed by atoms with van der Waals surface area (Å²) in [5.41, 5.74) is 3.45. The van der Waals surface area contributed by atoms with Gasteiger partial charge in [-0.15, -0.1) is 0 Å². The Labute approximate surface area is 135 Å². The lowest BCUT2D eigenvalue weighted by molar-refractivity contribution is 0.585. The number of rotatable bonds is 5. The molecule has 1 heterocycles. The third kappa shape index (κ3) is 3.25. The van der Waals surface area contributed by atoms with Crippen LogP contribution in [0.15, 0.2) is 24.4 Å². The number of benzene rings is 1. The normalized spacial score (nSPS) is 14.9. The molecule has 0 bridgehead atoms. The number of halogens is 2. The molecule has 2 aromatic rings. The fraction of sp³-hybridized carbons (Fsp3) is 0.438. The number of hydrogen-bond donors (Lipinski definition) is 1. The number of nitrogens with zero attached hydrogens (tertiary/aromatic N) is 2. The number of nitrogens with one attached hydrogen (secondary N) is 1. The van der Waals surface area contributed by atoms with E-state index in [0.29, 0.717) is 22.0 Å². The largest absolute Gasteiger partial charge is 0.310 e. The van der Waals surface area contributed by atoms with E-state index in [9.17, 15) is 0 Å². The summed E-state index contributed by atoms with van der Waals surface area (Å²) in [6.45, 7) is 5.14. The minimum atomic E-state index is 0.458. The minimum Gasteiger partial charge on any atom is -0.310 e. The van der Waals surface area contributed by atoms with Gasteiger partial charge >= 0.3 is 0 Å². The first kappa shape index (κ1) is 14.9. The maximum absolute atomic E-state index is 6.34. The van der Waals surface area contributed by atoms with Crippen LogP contribution in [0.2, 0.25) is 10.0 Å². The SMILES string of the molecule is CC(C)NCc1cnn(-c2ccc(Cl)cc2Cl)c1C1CC1. The van der Waals surface area contributed by atoms with Gasteiger partial charge in [0.05, 0.1) is 22.6 Å². The van der Waals surface area contributed by atoms with E-state index < -0.39 is 0 Å². The maximum atomic E-state index is 6.34. The molecule has 21 heavy (non-hydrogen) atoms. The molecule has 3 nitrogen and oxygen atoms in total. The molecule has 3 rings (SSSR count). The molecule has 112 valence electrons. The molecule has 1 aliphatic carbocycles. The van der Waals surface area contributed by atoms with Gasteiger partial charge in [0.25, 0.3) is 0 Å². The molecular weight excluding hydrogens is 305 g/mol. The van der Waals surface area contributed by atoms with Crippen LogP contribution in [0.1, 0.15) is 43.9 Å². The van der Waals surface area contributed by atoms with Gasteiger partial charge in [-0.05, 0) is 31.0 Å². The van der Waals surface area contributed by atoms with Crippen molar-refractivity contribution < 1.29 is 0 Å². The summed E-state index contributed by atoms with van der Waals surface area (Å²) in [6, 6.07) is 6.01. The Bertz CT molecular complexity index is 645. The maximum Gasteiger partial charge on any atom is 0.0836 e. The highest BCUT2D eigenvalue weighted by molar-refractivity contribution is 6.35. The second kappa shape index (κ2) is 5.99. The van der Waals surface area contributed by atoms with Gasteiger partial charge in [0.15, 0.2) is 0 Å². The fourth-order valence-corrected chi connectivity index (χ4v) is 2.97. The van der Waals surface area contributed by atoms with Crippen molar-refractivity contribution in [2.75, 3.05) is 0 Å². The molecule has 5 heteroatoms. The molecule has 0 atom stereocenters. The fourth-order valence-electron chi connectivity index (χ4n) is 2.48.